The number of aliphatic hydroxyl groups excluding tert-OH is 1. The third-order valence-corrected chi connectivity index (χ3v) is 4.52. The Balaban J connectivity index is 1.57. The zero-order valence-corrected chi connectivity index (χ0v) is 13.9. The minimum Gasteiger partial charge on any atom is -0.393 e. The van der Waals surface area contributed by atoms with Gasteiger partial charge in [0, 0.05) is 11.6 Å². The van der Waals surface area contributed by atoms with Crippen LogP contribution in [0.25, 0.3) is 5.65 Å². The number of hydrogen-bond acceptors (Lipinski definition) is 4. The van der Waals surface area contributed by atoms with Crippen molar-refractivity contribution in [2.45, 2.75) is 37.8 Å². The normalized spacial score (nSPS) is 20.0. The predicted molar refractivity (Wildman–Crippen MR) is 97.3 cm³/mol. The quantitative estimate of drug-likeness (QED) is 0.709. The van der Waals surface area contributed by atoms with Gasteiger partial charge in [0.05, 0.1) is 12.3 Å². The van der Waals surface area contributed by atoms with Gasteiger partial charge in [-0.25, -0.2) is 9.50 Å². The molecule has 1 saturated carbocycles. The Hall–Kier alpha value is -2.84. The number of nitrogens with zero attached hydrogens (tertiary/aromatic N) is 3. The molecule has 25 heavy (non-hydrogen) atoms. The minimum atomic E-state index is -0.151. The van der Waals surface area contributed by atoms with Crippen molar-refractivity contribution in [2.24, 2.45) is 0 Å². The van der Waals surface area contributed by atoms with Gasteiger partial charge in [0.25, 0.3) is 0 Å². The second-order valence-corrected chi connectivity index (χ2v) is 6.40. The first-order valence-electron chi connectivity index (χ1n) is 8.64. The SMILES string of the molecule is O[C@H]1CC[C@H](Nc2ccc3ncc(C#Cc4ccccc4)n3n2)CC1. The van der Waals surface area contributed by atoms with Crippen LogP contribution in [0.3, 0.4) is 0 Å². The molecule has 0 bridgehead atoms. The molecule has 2 aromatic heterocycles. The molecule has 126 valence electrons. The van der Waals surface area contributed by atoms with Gasteiger partial charge in [0.2, 0.25) is 0 Å². The van der Waals surface area contributed by atoms with E-state index >= 15 is 0 Å². The molecular weight excluding hydrogens is 312 g/mol. The van der Waals surface area contributed by atoms with Crippen molar-refractivity contribution in [2.75, 3.05) is 5.32 Å². The van der Waals surface area contributed by atoms with E-state index in [1.165, 1.54) is 0 Å². The molecule has 4 rings (SSSR count). The lowest BCUT2D eigenvalue weighted by atomic mass is 9.93. The maximum atomic E-state index is 9.63. The van der Waals surface area contributed by atoms with Gasteiger partial charge < -0.3 is 10.4 Å². The first-order chi connectivity index (χ1) is 12.3. The van der Waals surface area contributed by atoms with E-state index in [0.29, 0.717) is 6.04 Å². The highest BCUT2D eigenvalue weighted by Gasteiger charge is 2.19. The molecular formula is C20H20N4O. The molecule has 0 radical (unpaired) electrons. The van der Waals surface area contributed by atoms with Gasteiger partial charge in [-0.1, -0.05) is 24.1 Å². The summed E-state index contributed by atoms with van der Waals surface area (Å²) in [6.07, 6.45) is 5.22. The number of anilines is 1. The molecule has 0 aliphatic heterocycles. The summed E-state index contributed by atoms with van der Waals surface area (Å²) in [4.78, 5) is 4.37. The fraction of sp³-hybridized carbons (Fsp3) is 0.300. The molecule has 1 fully saturated rings. The summed E-state index contributed by atoms with van der Waals surface area (Å²) in [7, 11) is 0. The summed E-state index contributed by atoms with van der Waals surface area (Å²) >= 11 is 0. The molecule has 0 spiro atoms. The molecule has 1 aliphatic carbocycles. The van der Waals surface area contributed by atoms with Crippen LogP contribution in [0.4, 0.5) is 5.82 Å². The van der Waals surface area contributed by atoms with E-state index in [-0.39, 0.29) is 6.10 Å². The van der Waals surface area contributed by atoms with Crippen LogP contribution >= 0.6 is 0 Å². The smallest absolute Gasteiger partial charge is 0.155 e. The van der Waals surface area contributed by atoms with Crippen LogP contribution in [0.2, 0.25) is 0 Å². The van der Waals surface area contributed by atoms with Crippen LogP contribution in [0.5, 0.6) is 0 Å². The molecule has 3 aromatic rings. The van der Waals surface area contributed by atoms with Crippen molar-refractivity contribution < 1.29 is 5.11 Å². The van der Waals surface area contributed by atoms with E-state index in [4.69, 9.17) is 0 Å². The molecule has 2 N–H and O–H groups in total. The van der Waals surface area contributed by atoms with Gasteiger partial charge in [-0.2, -0.15) is 0 Å². The number of fused-ring (bicyclic) bond motifs is 1. The van der Waals surface area contributed by atoms with E-state index in [1.807, 2.05) is 42.5 Å². The zero-order chi connectivity index (χ0) is 17.1. The first kappa shape index (κ1) is 15.7. The van der Waals surface area contributed by atoms with Crippen LogP contribution in [0.1, 0.15) is 36.9 Å². The number of aromatic nitrogens is 3. The Morgan fingerprint density at radius 2 is 1.80 bits per heavy atom. The topological polar surface area (TPSA) is 62.5 Å². The Bertz CT molecular complexity index is 915. The van der Waals surface area contributed by atoms with Crippen molar-refractivity contribution in [1.29, 1.82) is 0 Å². The summed E-state index contributed by atoms with van der Waals surface area (Å²) in [6.45, 7) is 0. The van der Waals surface area contributed by atoms with Crippen LogP contribution in [0.15, 0.2) is 48.7 Å². The van der Waals surface area contributed by atoms with E-state index in [1.54, 1.807) is 10.7 Å². The third-order valence-electron chi connectivity index (χ3n) is 4.52. The van der Waals surface area contributed by atoms with Crippen molar-refractivity contribution in [3.8, 4) is 11.8 Å². The number of nitrogens with one attached hydrogen (secondary N) is 1. The van der Waals surface area contributed by atoms with Crippen LogP contribution < -0.4 is 5.32 Å². The minimum absolute atomic E-state index is 0.151. The summed E-state index contributed by atoms with van der Waals surface area (Å²) in [5, 5.41) is 17.7. The van der Waals surface area contributed by atoms with Crippen LogP contribution in [-0.2, 0) is 0 Å². The fourth-order valence-corrected chi connectivity index (χ4v) is 3.12. The maximum Gasteiger partial charge on any atom is 0.155 e. The standard InChI is InChI=1S/C20H20N4O/c25-18-10-7-16(8-11-18)22-19-12-13-20-21-14-17(24(20)23-19)9-6-15-4-2-1-3-5-15/h1-5,12-14,16,18,25H,7-8,10-11H2,(H,22,23)/t16-,18-. The molecule has 0 atom stereocenters. The monoisotopic (exact) mass is 332 g/mol. The van der Waals surface area contributed by atoms with Crippen molar-refractivity contribution >= 4 is 11.5 Å². The summed E-state index contributed by atoms with van der Waals surface area (Å²) in [5.74, 6) is 7.11. The molecule has 0 saturated heterocycles. The average Bonchev–Trinajstić information content (AvgIpc) is 3.05. The van der Waals surface area contributed by atoms with E-state index in [9.17, 15) is 5.11 Å². The summed E-state index contributed by atoms with van der Waals surface area (Å²) < 4.78 is 1.77. The molecule has 1 aliphatic rings. The van der Waals surface area contributed by atoms with E-state index in [2.05, 4.69) is 27.2 Å². The Labute approximate surface area is 146 Å². The number of benzene rings is 1. The maximum absolute atomic E-state index is 9.63. The Morgan fingerprint density at radius 3 is 2.60 bits per heavy atom. The molecule has 5 nitrogen and oxygen atoms in total. The average molecular weight is 332 g/mol. The number of aliphatic hydroxyl groups is 1. The van der Waals surface area contributed by atoms with Crippen LogP contribution in [0, 0.1) is 11.8 Å². The number of hydrogen-bond donors (Lipinski definition) is 2. The second-order valence-electron chi connectivity index (χ2n) is 6.40. The molecule has 0 amide bonds. The Morgan fingerprint density at radius 1 is 1.00 bits per heavy atom. The van der Waals surface area contributed by atoms with Gasteiger partial charge in [-0.3, -0.25) is 0 Å². The third kappa shape index (κ3) is 3.65. The van der Waals surface area contributed by atoms with Crippen molar-refractivity contribution in [1.82, 2.24) is 14.6 Å². The van der Waals surface area contributed by atoms with Crippen molar-refractivity contribution in [3.63, 3.8) is 0 Å². The lowest BCUT2D eigenvalue weighted by Gasteiger charge is -2.26. The highest BCUT2D eigenvalue weighted by Crippen LogP contribution is 2.21. The largest absolute Gasteiger partial charge is 0.393 e. The Kier molecular flexibility index (Phi) is 4.36. The summed E-state index contributed by atoms with van der Waals surface area (Å²) in [6, 6.07) is 14.1. The van der Waals surface area contributed by atoms with Crippen molar-refractivity contribution in [3.05, 3.63) is 59.9 Å². The lowest BCUT2D eigenvalue weighted by molar-refractivity contribution is 0.126. The van der Waals surface area contributed by atoms with Crippen LogP contribution in [-0.4, -0.2) is 31.9 Å². The van der Waals surface area contributed by atoms with Gasteiger partial charge >= 0.3 is 0 Å². The molecule has 1 aromatic carbocycles. The number of rotatable bonds is 2. The van der Waals surface area contributed by atoms with Gasteiger partial charge in [0.15, 0.2) is 5.65 Å². The van der Waals surface area contributed by atoms with Gasteiger partial charge in [-0.05, 0) is 55.9 Å². The van der Waals surface area contributed by atoms with E-state index in [0.717, 1.165) is 48.4 Å². The van der Waals surface area contributed by atoms with E-state index < -0.39 is 0 Å². The highest BCUT2D eigenvalue weighted by atomic mass is 16.3. The highest BCUT2D eigenvalue weighted by molar-refractivity contribution is 5.49. The second kappa shape index (κ2) is 6.96. The number of imidazole rings is 1. The predicted octanol–water partition coefficient (Wildman–Crippen LogP) is 2.84. The summed E-state index contributed by atoms with van der Waals surface area (Å²) in [5.41, 5.74) is 2.51. The first-order valence-corrected chi connectivity index (χ1v) is 8.64. The van der Waals surface area contributed by atoms with Gasteiger partial charge in [0.1, 0.15) is 11.5 Å². The van der Waals surface area contributed by atoms with Gasteiger partial charge in [-0.15, -0.1) is 5.10 Å². The zero-order valence-electron chi connectivity index (χ0n) is 13.9. The molecule has 5 heteroatoms. The lowest BCUT2D eigenvalue weighted by Crippen LogP contribution is -2.28. The molecule has 0 unspecified atom stereocenters. The fourth-order valence-electron chi connectivity index (χ4n) is 3.12. The molecule has 2 heterocycles.